The van der Waals surface area contributed by atoms with Crippen LogP contribution >= 0.6 is 11.6 Å². The molecule has 1 saturated heterocycles. The van der Waals surface area contributed by atoms with Gasteiger partial charge < -0.3 is 10.2 Å². The smallest absolute Gasteiger partial charge is 0.273 e. The maximum absolute atomic E-state index is 14.1. The van der Waals surface area contributed by atoms with Gasteiger partial charge in [-0.15, -0.1) is 0 Å². The van der Waals surface area contributed by atoms with Crippen molar-refractivity contribution in [2.75, 3.05) is 18.4 Å². The van der Waals surface area contributed by atoms with E-state index in [2.05, 4.69) is 21.9 Å². The maximum Gasteiger partial charge on any atom is 0.273 e. The number of fused-ring (bicyclic) bond motifs is 1. The second-order valence-corrected chi connectivity index (χ2v) is 10.0. The fourth-order valence-corrected chi connectivity index (χ4v) is 5.15. The van der Waals surface area contributed by atoms with Crippen LogP contribution in [0, 0.1) is 0 Å². The SMILES string of the molecule is C=CC(=O)N1CCCC(n2nc(-c3ccc(C(=O)Nc4cc(C(F)(F)CC)ccn4)cc3)c3cncc(Cl)c32)C1. The lowest BCUT2D eigenvalue weighted by Crippen LogP contribution is -2.40. The molecule has 4 aromatic rings. The predicted molar refractivity (Wildman–Crippen MR) is 149 cm³/mol. The standard InChI is InChI=1S/C29H27ClF2N6O2/c1-3-25(39)37-13-5-6-21(17-37)38-27-22(15-33-16-23(27)30)26(36-38)18-7-9-19(10-8-18)28(40)35-24-14-20(11-12-34-24)29(31,32)4-2/h3,7-12,14-16,21H,1,4-6,13,17H2,2H3,(H,34,35,40). The van der Waals surface area contributed by atoms with Crippen LogP contribution < -0.4 is 5.32 Å². The van der Waals surface area contributed by atoms with Gasteiger partial charge in [-0.1, -0.05) is 37.2 Å². The first-order valence-corrected chi connectivity index (χ1v) is 13.3. The van der Waals surface area contributed by atoms with Crippen LogP contribution in [0.4, 0.5) is 14.6 Å². The summed E-state index contributed by atoms with van der Waals surface area (Å²) in [6.45, 7) is 6.13. The van der Waals surface area contributed by atoms with Crippen molar-refractivity contribution < 1.29 is 18.4 Å². The van der Waals surface area contributed by atoms with Crippen LogP contribution in [0.15, 0.2) is 67.6 Å². The summed E-state index contributed by atoms with van der Waals surface area (Å²) in [4.78, 5) is 35.1. The normalized spacial score (nSPS) is 15.7. The molecule has 4 heterocycles. The van der Waals surface area contributed by atoms with Gasteiger partial charge in [-0.25, -0.2) is 13.8 Å². The number of nitrogens with zero attached hydrogens (tertiary/aromatic N) is 5. The van der Waals surface area contributed by atoms with Crippen molar-refractivity contribution in [3.63, 3.8) is 0 Å². The first kappa shape index (κ1) is 27.4. The van der Waals surface area contributed by atoms with E-state index in [0.29, 0.717) is 29.4 Å². The molecule has 0 bridgehead atoms. The number of alkyl halides is 2. The molecule has 0 spiro atoms. The number of anilines is 1. The van der Waals surface area contributed by atoms with Gasteiger partial charge in [-0.05, 0) is 43.2 Å². The van der Waals surface area contributed by atoms with E-state index in [-0.39, 0.29) is 29.8 Å². The van der Waals surface area contributed by atoms with E-state index in [0.717, 1.165) is 29.3 Å². The number of aromatic nitrogens is 4. The Morgan fingerprint density at radius 2 is 2.00 bits per heavy atom. The Hall–Kier alpha value is -4.18. The molecule has 8 nitrogen and oxygen atoms in total. The van der Waals surface area contributed by atoms with Crippen LogP contribution in [0.1, 0.15) is 48.1 Å². The zero-order valence-electron chi connectivity index (χ0n) is 21.8. The van der Waals surface area contributed by atoms with Crippen molar-refractivity contribution >= 4 is 40.1 Å². The van der Waals surface area contributed by atoms with Crippen LogP contribution in [0.2, 0.25) is 5.02 Å². The molecule has 1 aliphatic rings. The molecule has 1 atom stereocenters. The molecule has 0 aliphatic carbocycles. The van der Waals surface area contributed by atoms with E-state index in [4.69, 9.17) is 16.7 Å². The van der Waals surface area contributed by atoms with Gasteiger partial charge in [-0.2, -0.15) is 5.10 Å². The highest BCUT2D eigenvalue weighted by Gasteiger charge is 2.30. The van der Waals surface area contributed by atoms with Crippen molar-refractivity contribution in [1.82, 2.24) is 24.6 Å². The first-order valence-electron chi connectivity index (χ1n) is 12.9. The number of amides is 2. The lowest BCUT2D eigenvalue weighted by atomic mass is 10.0. The third-order valence-corrected chi connectivity index (χ3v) is 7.36. The van der Waals surface area contributed by atoms with Crippen molar-refractivity contribution in [2.45, 2.75) is 38.2 Å². The number of halogens is 3. The molecule has 1 aliphatic heterocycles. The minimum atomic E-state index is -3.01. The molecule has 40 heavy (non-hydrogen) atoms. The summed E-state index contributed by atoms with van der Waals surface area (Å²) in [7, 11) is 0. The molecule has 0 saturated carbocycles. The van der Waals surface area contributed by atoms with Crippen LogP contribution in [0.3, 0.4) is 0 Å². The van der Waals surface area contributed by atoms with Gasteiger partial charge in [0.1, 0.15) is 11.5 Å². The molecule has 11 heteroatoms. The average molecular weight is 565 g/mol. The molecule has 1 N–H and O–H groups in total. The molecule has 5 rings (SSSR count). The van der Waals surface area contributed by atoms with E-state index in [1.54, 1.807) is 41.6 Å². The second kappa shape index (κ2) is 11.1. The summed E-state index contributed by atoms with van der Waals surface area (Å²) in [6.07, 6.45) is 7.11. The highest BCUT2D eigenvalue weighted by Crippen LogP contribution is 2.36. The summed E-state index contributed by atoms with van der Waals surface area (Å²) in [6, 6.07) is 9.10. The van der Waals surface area contributed by atoms with E-state index < -0.39 is 11.8 Å². The van der Waals surface area contributed by atoms with Gasteiger partial charge in [0.05, 0.1) is 16.6 Å². The van der Waals surface area contributed by atoms with Crippen molar-refractivity contribution in [2.24, 2.45) is 0 Å². The number of carbonyl (C=O) groups excluding carboxylic acids is 2. The number of hydrogen-bond acceptors (Lipinski definition) is 5. The lowest BCUT2D eigenvalue weighted by Gasteiger charge is -2.32. The summed E-state index contributed by atoms with van der Waals surface area (Å²) in [5, 5.41) is 8.67. The van der Waals surface area contributed by atoms with Gasteiger partial charge in [0.15, 0.2) is 0 Å². The number of carbonyl (C=O) groups is 2. The average Bonchev–Trinajstić information content (AvgIpc) is 3.38. The van der Waals surface area contributed by atoms with E-state index in [1.165, 1.54) is 31.3 Å². The van der Waals surface area contributed by atoms with Crippen LogP contribution in [0.5, 0.6) is 0 Å². The summed E-state index contributed by atoms with van der Waals surface area (Å²) in [5.41, 5.74) is 2.22. The molecule has 1 fully saturated rings. The Balaban J connectivity index is 1.42. The lowest BCUT2D eigenvalue weighted by molar-refractivity contribution is -0.127. The van der Waals surface area contributed by atoms with Crippen LogP contribution in [-0.2, 0) is 10.7 Å². The Labute approximate surface area is 234 Å². The molecule has 1 aromatic carbocycles. The summed E-state index contributed by atoms with van der Waals surface area (Å²) >= 11 is 6.57. The predicted octanol–water partition coefficient (Wildman–Crippen LogP) is 6.25. The Morgan fingerprint density at radius 3 is 2.73 bits per heavy atom. The van der Waals surface area contributed by atoms with Gasteiger partial charge in [-0.3, -0.25) is 19.3 Å². The van der Waals surface area contributed by atoms with Gasteiger partial charge in [0.2, 0.25) is 5.91 Å². The van der Waals surface area contributed by atoms with Gasteiger partial charge in [0.25, 0.3) is 11.8 Å². The highest BCUT2D eigenvalue weighted by atomic mass is 35.5. The van der Waals surface area contributed by atoms with E-state index >= 15 is 0 Å². The summed E-state index contributed by atoms with van der Waals surface area (Å²) < 4.78 is 30.0. The number of rotatable bonds is 7. The molecule has 2 amide bonds. The van der Waals surface area contributed by atoms with Crippen molar-refractivity contribution in [3.05, 3.63) is 83.8 Å². The van der Waals surface area contributed by atoms with Gasteiger partial charge in [0, 0.05) is 60.2 Å². The first-order chi connectivity index (χ1) is 19.2. The van der Waals surface area contributed by atoms with E-state index in [1.807, 2.05) is 4.68 Å². The molecule has 3 aromatic heterocycles. The Morgan fingerprint density at radius 1 is 1.23 bits per heavy atom. The molecule has 0 radical (unpaired) electrons. The van der Waals surface area contributed by atoms with E-state index in [9.17, 15) is 18.4 Å². The Bertz CT molecular complexity index is 1590. The van der Waals surface area contributed by atoms with Crippen molar-refractivity contribution in [3.8, 4) is 11.3 Å². The number of nitrogens with one attached hydrogen (secondary N) is 1. The number of likely N-dealkylation sites (tertiary alicyclic amines) is 1. The number of piperidine rings is 1. The zero-order valence-corrected chi connectivity index (χ0v) is 22.5. The summed E-state index contributed by atoms with van der Waals surface area (Å²) in [5.74, 6) is -3.57. The second-order valence-electron chi connectivity index (χ2n) is 9.61. The largest absolute Gasteiger partial charge is 0.337 e. The third-order valence-electron chi connectivity index (χ3n) is 7.08. The fraction of sp³-hybridized carbons (Fsp3) is 0.276. The minimum Gasteiger partial charge on any atom is -0.337 e. The topological polar surface area (TPSA) is 93.0 Å². The molecule has 206 valence electrons. The fourth-order valence-electron chi connectivity index (χ4n) is 4.91. The minimum absolute atomic E-state index is 0.0432. The quantitative estimate of drug-likeness (QED) is 0.268. The van der Waals surface area contributed by atoms with Gasteiger partial charge >= 0.3 is 0 Å². The molecular weight excluding hydrogens is 538 g/mol. The number of hydrogen-bond donors (Lipinski definition) is 1. The third kappa shape index (κ3) is 5.31. The van der Waals surface area contributed by atoms with Crippen LogP contribution in [-0.4, -0.2) is 49.6 Å². The molecular formula is C29H27ClF2N6O2. The molecule has 1 unspecified atom stereocenters. The zero-order chi connectivity index (χ0) is 28.4. The van der Waals surface area contributed by atoms with Crippen LogP contribution in [0.25, 0.3) is 22.2 Å². The van der Waals surface area contributed by atoms with Crippen molar-refractivity contribution in [1.29, 1.82) is 0 Å². The number of benzene rings is 1. The number of pyridine rings is 2. The highest BCUT2D eigenvalue weighted by molar-refractivity contribution is 6.35. The Kier molecular flexibility index (Phi) is 7.62. The monoisotopic (exact) mass is 564 g/mol. The maximum atomic E-state index is 14.1.